The van der Waals surface area contributed by atoms with E-state index in [9.17, 15) is 0 Å². The van der Waals surface area contributed by atoms with Gasteiger partial charge in [0.15, 0.2) is 0 Å². The Hall–Kier alpha value is -2.20. The quantitative estimate of drug-likeness (QED) is 0.752. The highest BCUT2D eigenvalue weighted by Gasteiger charge is 2.12. The molecule has 2 N–H and O–H groups in total. The molecule has 106 valence electrons. The molecule has 21 heavy (non-hydrogen) atoms. The molecule has 1 heterocycles. The molecule has 0 amide bonds. The Balaban J connectivity index is 2.11. The fourth-order valence-electron chi connectivity index (χ4n) is 2.55. The third-order valence-electron chi connectivity index (χ3n) is 3.66. The zero-order valence-corrected chi connectivity index (χ0v) is 12.7. The van der Waals surface area contributed by atoms with Gasteiger partial charge >= 0.3 is 0 Å². The van der Waals surface area contributed by atoms with Crippen LogP contribution in [0.5, 0.6) is 0 Å². The van der Waals surface area contributed by atoms with Gasteiger partial charge in [0.25, 0.3) is 0 Å². The van der Waals surface area contributed by atoms with E-state index >= 15 is 0 Å². The van der Waals surface area contributed by atoms with E-state index in [0.717, 1.165) is 23.4 Å². The topological polar surface area (TPSA) is 43.8 Å². The van der Waals surface area contributed by atoms with Gasteiger partial charge in [-0.3, -0.25) is 0 Å². The highest BCUT2D eigenvalue weighted by Crippen LogP contribution is 2.19. The summed E-state index contributed by atoms with van der Waals surface area (Å²) in [5, 5.41) is 0. The molecule has 0 atom stereocenters. The third kappa shape index (κ3) is 2.81. The Bertz CT molecular complexity index is 805. The van der Waals surface area contributed by atoms with Crippen molar-refractivity contribution in [2.75, 3.05) is 0 Å². The normalized spacial score (nSPS) is 10.9. The van der Waals surface area contributed by atoms with Crippen LogP contribution >= 0.6 is 12.2 Å². The highest BCUT2D eigenvalue weighted by atomic mass is 32.1. The fraction of sp³-hybridized carbons (Fsp3) is 0.176. The number of aromatic nitrogens is 2. The summed E-state index contributed by atoms with van der Waals surface area (Å²) in [4.78, 5) is 5.14. The summed E-state index contributed by atoms with van der Waals surface area (Å²) in [6.45, 7) is 2.91. The Morgan fingerprint density at radius 2 is 1.86 bits per heavy atom. The van der Waals surface area contributed by atoms with Gasteiger partial charge < -0.3 is 10.3 Å². The summed E-state index contributed by atoms with van der Waals surface area (Å²) in [5.74, 6) is 0.923. The van der Waals surface area contributed by atoms with Gasteiger partial charge in [-0.1, -0.05) is 48.6 Å². The first kappa shape index (κ1) is 13.8. The second kappa shape index (κ2) is 5.66. The zero-order valence-electron chi connectivity index (χ0n) is 11.9. The van der Waals surface area contributed by atoms with Gasteiger partial charge in [0.1, 0.15) is 5.82 Å². The lowest BCUT2D eigenvalue weighted by atomic mass is 10.1. The van der Waals surface area contributed by atoms with Gasteiger partial charge in [-0.05, 0) is 30.2 Å². The van der Waals surface area contributed by atoms with Crippen LogP contribution < -0.4 is 5.73 Å². The van der Waals surface area contributed by atoms with E-state index in [0.29, 0.717) is 11.4 Å². The Morgan fingerprint density at radius 1 is 1.14 bits per heavy atom. The van der Waals surface area contributed by atoms with Crippen LogP contribution in [0.3, 0.4) is 0 Å². The van der Waals surface area contributed by atoms with Crippen molar-refractivity contribution in [3.63, 3.8) is 0 Å². The van der Waals surface area contributed by atoms with E-state index in [1.165, 1.54) is 11.1 Å². The number of aryl methyl sites for hydroxylation is 1. The molecule has 4 heteroatoms. The van der Waals surface area contributed by atoms with E-state index < -0.39 is 0 Å². The summed E-state index contributed by atoms with van der Waals surface area (Å²) >= 11 is 5.06. The lowest BCUT2D eigenvalue weighted by Gasteiger charge is -2.11. The van der Waals surface area contributed by atoms with Crippen LogP contribution in [0, 0.1) is 6.92 Å². The SMILES string of the molecule is Cc1ccccc1Cn1c(CC(N)=S)nc2ccccc21. The Kier molecular flexibility index (Phi) is 3.71. The maximum absolute atomic E-state index is 5.72. The molecule has 2 aromatic carbocycles. The largest absolute Gasteiger partial charge is 0.393 e. The fourth-order valence-corrected chi connectivity index (χ4v) is 2.68. The van der Waals surface area contributed by atoms with Gasteiger partial charge in [-0.25, -0.2) is 4.98 Å². The van der Waals surface area contributed by atoms with Crippen molar-refractivity contribution in [1.29, 1.82) is 0 Å². The number of fused-ring (bicyclic) bond motifs is 1. The monoisotopic (exact) mass is 295 g/mol. The van der Waals surface area contributed by atoms with E-state index in [4.69, 9.17) is 18.0 Å². The molecule has 0 saturated carbocycles. The molecule has 0 aliphatic carbocycles. The molecule has 1 aromatic heterocycles. The third-order valence-corrected chi connectivity index (χ3v) is 3.80. The second-order valence-corrected chi connectivity index (χ2v) is 5.70. The first-order valence-electron chi connectivity index (χ1n) is 6.92. The van der Waals surface area contributed by atoms with E-state index in [1.54, 1.807) is 0 Å². The van der Waals surface area contributed by atoms with Gasteiger partial charge in [0.2, 0.25) is 0 Å². The van der Waals surface area contributed by atoms with Crippen LogP contribution in [0.4, 0.5) is 0 Å². The van der Waals surface area contributed by atoms with Crippen molar-refractivity contribution in [3.05, 3.63) is 65.5 Å². The zero-order chi connectivity index (χ0) is 14.8. The number of benzene rings is 2. The molecule has 0 bridgehead atoms. The average Bonchev–Trinajstić information content (AvgIpc) is 2.78. The minimum Gasteiger partial charge on any atom is -0.393 e. The molecular formula is C17H17N3S. The van der Waals surface area contributed by atoms with E-state index in [2.05, 4.69) is 46.8 Å². The van der Waals surface area contributed by atoms with Gasteiger partial charge in [0.05, 0.1) is 22.4 Å². The molecule has 0 aliphatic heterocycles. The summed E-state index contributed by atoms with van der Waals surface area (Å²) in [5.41, 5.74) is 10.4. The maximum atomic E-state index is 5.72. The predicted octanol–water partition coefficient (Wildman–Crippen LogP) is 3.22. The molecule has 3 rings (SSSR count). The molecule has 0 spiro atoms. The summed E-state index contributed by atoms with van der Waals surface area (Å²) < 4.78 is 2.21. The number of nitrogens with two attached hydrogens (primary N) is 1. The molecule has 3 nitrogen and oxygen atoms in total. The number of hydrogen-bond acceptors (Lipinski definition) is 2. The number of para-hydroxylation sites is 2. The van der Waals surface area contributed by atoms with Crippen LogP contribution in [0.2, 0.25) is 0 Å². The maximum Gasteiger partial charge on any atom is 0.116 e. The van der Waals surface area contributed by atoms with Crippen molar-refractivity contribution in [2.24, 2.45) is 5.73 Å². The highest BCUT2D eigenvalue weighted by molar-refractivity contribution is 7.80. The average molecular weight is 295 g/mol. The van der Waals surface area contributed by atoms with Crippen LogP contribution in [-0.2, 0) is 13.0 Å². The van der Waals surface area contributed by atoms with Crippen LogP contribution in [0.1, 0.15) is 17.0 Å². The molecule has 0 saturated heterocycles. The molecule has 0 fully saturated rings. The lowest BCUT2D eigenvalue weighted by Crippen LogP contribution is -2.16. The van der Waals surface area contributed by atoms with E-state index in [1.807, 2.05) is 18.2 Å². The van der Waals surface area contributed by atoms with Crippen LogP contribution in [0.25, 0.3) is 11.0 Å². The molecule has 0 aliphatic rings. The lowest BCUT2D eigenvalue weighted by molar-refractivity contribution is 0.770. The standard InChI is InChI=1S/C17H17N3S/c1-12-6-2-3-7-13(12)11-20-15-9-5-4-8-14(15)19-17(20)10-16(18)21/h2-9H,10-11H2,1H3,(H2,18,21). The first-order valence-corrected chi connectivity index (χ1v) is 7.33. The van der Waals surface area contributed by atoms with Crippen molar-refractivity contribution in [3.8, 4) is 0 Å². The smallest absolute Gasteiger partial charge is 0.116 e. The summed E-state index contributed by atoms with van der Waals surface area (Å²) in [6, 6.07) is 16.5. The molecule has 0 radical (unpaired) electrons. The number of hydrogen-bond donors (Lipinski definition) is 1. The van der Waals surface area contributed by atoms with Crippen LogP contribution in [0.15, 0.2) is 48.5 Å². The molecular weight excluding hydrogens is 278 g/mol. The van der Waals surface area contributed by atoms with Crippen molar-refractivity contribution in [1.82, 2.24) is 9.55 Å². The number of nitrogens with zero attached hydrogens (tertiary/aromatic N) is 2. The van der Waals surface area contributed by atoms with Gasteiger partial charge in [-0.15, -0.1) is 0 Å². The Morgan fingerprint density at radius 3 is 2.62 bits per heavy atom. The van der Waals surface area contributed by atoms with Gasteiger partial charge in [-0.2, -0.15) is 0 Å². The first-order chi connectivity index (χ1) is 10.1. The second-order valence-electron chi connectivity index (χ2n) is 5.17. The van der Waals surface area contributed by atoms with Crippen molar-refractivity contribution < 1.29 is 0 Å². The number of thiocarbonyl (C=S) groups is 1. The number of imidazole rings is 1. The summed E-state index contributed by atoms with van der Waals surface area (Å²) in [6.07, 6.45) is 0.524. The van der Waals surface area contributed by atoms with Gasteiger partial charge in [0, 0.05) is 6.54 Å². The predicted molar refractivity (Wildman–Crippen MR) is 90.5 cm³/mol. The Labute approximate surface area is 129 Å². The summed E-state index contributed by atoms with van der Waals surface area (Å²) in [7, 11) is 0. The number of rotatable bonds is 4. The van der Waals surface area contributed by atoms with Crippen molar-refractivity contribution in [2.45, 2.75) is 19.9 Å². The minimum atomic E-state index is 0.469. The minimum absolute atomic E-state index is 0.469. The molecule has 0 unspecified atom stereocenters. The van der Waals surface area contributed by atoms with E-state index in [-0.39, 0.29) is 0 Å². The van der Waals surface area contributed by atoms with Crippen molar-refractivity contribution >= 4 is 28.2 Å². The molecule has 3 aromatic rings. The van der Waals surface area contributed by atoms with Crippen LogP contribution in [-0.4, -0.2) is 14.5 Å².